The van der Waals surface area contributed by atoms with Gasteiger partial charge in [0, 0.05) is 31.7 Å². The standard InChI is InChI=1S/C23H27ClN2O3/c1-25(23(28)22-9-7-17-13-18(24)8-10-21(17)29-22)20(16-5-3-2-4-6-16)15-26-12-11-19(27)14-26/h2-6,8,10,13,19-20,22,27H,7,9,11-12,14-15H2,1H3. The van der Waals surface area contributed by atoms with E-state index >= 15 is 0 Å². The molecule has 2 aliphatic rings. The van der Waals surface area contributed by atoms with Crippen molar-refractivity contribution >= 4 is 17.5 Å². The van der Waals surface area contributed by atoms with Crippen LogP contribution in [-0.4, -0.2) is 59.7 Å². The molecule has 2 heterocycles. The van der Waals surface area contributed by atoms with Crippen LogP contribution in [0.25, 0.3) is 0 Å². The molecule has 0 aromatic heterocycles. The van der Waals surface area contributed by atoms with E-state index in [1.165, 1.54) is 0 Å². The van der Waals surface area contributed by atoms with Gasteiger partial charge in [0.25, 0.3) is 5.91 Å². The number of halogens is 1. The minimum Gasteiger partial charge on any atom is -0.480 e. The number of fused-ring (bicyclic) bond motifs is 1. The Morgan fingerprint density at radius 3 is 2.79 bits per heavy atom. The molecule has 154 valence electrons. The zero-order valence-electron chi connectivity index (χ0n) is 16.6. The monoisotopic (exact) mass is 414 g/mol. The van der Waals surface area contributed by atoms with Crippen LogP contribution < -0.4 is 4.74 Å². The van der Waals surface area contributed by atoms with Gasteiger partial charge in [0.15, 0.2) is 6.10 Å². The molecule has 1 saturated heterocycles. The Kier molecular flexibility index (Phi) is 6.09. The number of nitrogens with zero attached hydrogens (tertiary/aromatic N) is 2. The second kappa shape index (κ2) is 8.74. The topological polar surface area (TPSA) is 53.0 Å². The van der Waals surface area contributed by atoms with E-state index in [0.717, 1.165) is 36.3 Å². The Hall–Kier alpha value is -2.08. The lowest BCUT2D eigenvalue weighted by molar-refractivity contribution is -0.140. The number of β-amino-alcohol motifs (C(OH)–C–C–N with tert-alkyl or cyclic N) is 1. The maximum Gasteiger partial charge on any atom is 0.263 e. The SMILES string of the molecule is CN(C(=O)C1CCc2cc(Cl)ccc2O1)C(CN1CCC(O)C1)c1ccccc1. The van der Waals surface area contributed by atoms with Gasteiger partial charge in [-0.15, -0.1) is 0 Å². The van der Waals surface area contributed by atoms with Crippen LogP contribution in [0, 0.1) is 0 Å². The Bertz CT molecular complexity index is 860. The Morgan fingerprint density at radius 1 is 1.28 bits per heavy atom. The van der Waals surface area contributed by atoms with E-state index in [2.05, 4.69) is 17.0 Å². The fourth-order valence-electron chi connectivity index (χ4n) is 4.26. The molecule has 1 amide bonds. The van der Waals surface area contributed by atoms with Crippen molar-refractivity contribution in [2.45, 2.75) is 37.5 Å². The van der Waals surface area contributed by atoms with E-state index < -0.39 is 6.10 Å². The smallest absolute Gasteiger partial charge is 0.263 e. The third-order valence-corrected chi connectivity index (χ3v) is 6.16. The number of benzene rings is 2. The summed E-state index contributed by atoms with van der Waals surface area (Å²) in [4.78, 5) is 17.4. The second-order valence-corrected chi connectivity index (χ2v) is 8.41. The first-order chi connectivity index (χ1) is 14.0. The predicted molar refractivity (Wildman–Crippen MR) is 113 cm³/mol. The number of aryl methyl sites for hydroxylation is 1. The van der Waals surface area contributed by atoms with Gasteiger partial charge < -0.3 is 14.7 Å². The predicted octanol–water partition coefficient (Wildman–Crippen LogP) is 3.30. The molecule has 0 bridgehead atoms. The number of carbonyl (C=O) groups is 1. The molecule has 0 aliphatic carbocycles. The number of aliphatic hydroxyl groups excluding tert-OH is 1. The molecule has 1 fully saturated rings. The lowest BCUT2D eigenvalue weighted by Gasteiger charge is -2.35. The summed E-state index contributed by atoms with van der Waals surface area (Å²) in [6.45, 7) is 2.20. The lowest BCUT2D eigenvalue weighted by atomic mass is 10.00. The fourth-order valence-corrected chi connectivity index (χ4v) is 4.46. The van der Waals surface area contributed by atoms with Gasteiger partial charge in [0.05, 0.1) is 12.1 Å². The minimum atomic E-state index is -0.496. The highest BCUT2D eigenvalue weighted by molar-refractivity contribution is 6.30. The van der Waals surface area contributed by atoms with Crippen molar-refractivity contribution in [2.75, 3.05) is 26.7 Å². The summed E-state index contributed by atoms with van der Waals surface area (Å²) in [7, 11) is 1.85. The van der Waals surface area contributed by atoms with Crippen LogP contribution in [0.1, 0.15) is 30.0 Å². The Morgan fingerprint density at radius 2 is 2.07 bits per heavy atom. The van der Waals surface area contributed by atoms with Crippen molar-refractivity contribution < 1.29 is 14.6 Å². The number of amides is 1. The average Bonchev–Trinajstić information content (AvgIpc) is 3.16. The molecule has 0 radical (unpaired) electrons. The molecule has 2 aromatic rings. The van der Waals surface area contributed by atoms with Gasteiger partial charge >= 0.3 is 0 Å². The normalized spacial score (nSPS) is 22.6. The van der Waals surface area contributed by atoms with Crippen LogP contribution in [-0.2, 0) is 11.2 Å². The van der Waals surface area contributed by atoms with Crippen molar-refractivity contribution in [2.24, 2.45) is 0 Å². The Balaban J connectivity index is 1.51. The number of rotatable bonds is 5. The quantitative estimate of drug-likeness (QED) is 0.815. The van der Waals surface area contributed by atoms with Gasteiger partial charge in [0.1, 0.15) is 5.75 Å². The van der Waals surface area contributed by atoms with Crippen LogP contribution >= 0.6 is 11.6 Å². The molecular weight excluding hydrogens is 388 g/mol. The first-order valence-corrected chi connectivity index (χ1v) is 10.6. The zero-order valence-corrected chi connectivity index (χ0v) is 17.4. The van der Waals surface area contributed by atoms with Gasteiger partial charge in [-0.3, -0.25) is 9.69 Å². The van der Waals surface area contributed by atoms with E-state index in [-0.39, 0.29) is 18.1 Å². The van der Waals surface area contributed by atoms with Crippen molar-refractivity contribution in [1.29, 1.82) is 0 Å². The fraction of sp³-hybridized carbons (Fsp3) is 0.435. The third kappa shape index (κ3) is 4.58. The van der Waals surface area contributed by atoms with Crippen molar-refractivity contribution in [3.05, 3.63) is 64.7 Å². The summed E-state index contributed by atoms with van der Waals surface area (Å²) >= 11 is 6.07. The highest BCUT2D eigenvalue weighted by Gasteiger charge is 2.34. The maximum absolute atomic E-state index is 13.3. The number of likely N-dealkylation sites (N-methyl/N-ethyl adjacent to an activating group) is 1. The first kappa shape index (κ1) is 20.2. The van der Waals surface area contributed by atoms with Crippen LogP contribution in [0.5, 0.6) is 5.75 Å². The summed E-state index contributed by atoms with van der Waals surface area (Å²) in [5.74, 6) is 0.727. The molecule has 3 unspecified atom stereocenters. The highest BCUT2D eigenvalue weighted by Crippen LogP contribution is 2.32. The van der Waals surface area contributed by atoms with Crippen molar-refractivity contribution in [3.8, 4) is 5.75 Å². The Labute approximate surface area is 176 Å². The summed E-state index contributed by atoms with van der Waals surface area (Å²) in [6, 6.07) is 15.5. The molecular formula is C23H27ClN2O3. The largest absolute Gasteiger partial charge is 0.480 e. The lowest BCUT2D eigenvalue weighted by Crippen LogP contribution is -2.46. The molecule has 3 atom stereocenters. The molecule has 2 aliphatic heterocycles. The molecule has 0 saturated carbocycles. The summed E-state index contributed by atoms with van der Waals surface area (Å²) in [6.07, 6.45) is 1.42. The average molecular weight is 415 g/mol. The number of likely N-dealkylation sites (tertiary alicyclic amines) is 1. The first-order valence-electron chi connectivity index (χ1n) is 10.2. The molecule has 6 heteroatoms. The van der Waals surface area contributed by atoms with Gasteiger partial charge in [-0.1, -0.05) is 41.9 Å². The van der Waals surface area contributed by atoms with Crippen LogP contribution in [0.4, 0.5) is 0 Å². The number of ether oxygens (including phenoxy) is 1. The van der Waals surface area contributed by atoms with E-state index in [4.69, 9.17) is 16.3 Å². The molecule has 2 aromatic carbocycles. The number of aliphatic hydroxyl groups is 1. The van der Waals surface area contributed by atoms with E-state index in [0.29, 0.717) is 24.5 Å². The van der Waals surface area contributed by atoms with E-state index in [1.54, 1.807) is 6.07 Å². The third-order valence-electron chi connectivity index (χ3n) is 5.92. The van der Waals surface area contributed by atoms with Gasteiger partial charge in [0.2, 0.25) is 0 Å². The van der Waals surface area contributed by atoms with Crippen molar-refractivity contribution in [1.82, 2.24) is 9.80 Å². The van der Waals surface area contributed by atoms with E-state index in [1.807, 2.05) is 42.3 Å². The second-order valence-electron chi connectivity index (χ2n) is 7.97. The molecule has 29 heavy (non-hydrogen) atoms. The maximum atomic E-state index is 13.3. The summed E-state index contributed by atoms with van der Waals surface area (Å²) in [5, 5.41) is 10.6. The summed E-state index contributed by atoms with van der Waals surface area (Å²) < 4.78 is 6.04. The molecule has 5 nitrogen and oxygen atoms in total. The van der Waals surface area contributed by atoms with Gasteiger partial charge in [-0.25, -0.2) is 0 Å². The molecule has 0 spiro atoms. The zero-order chi connectivity index (χ0) is 20.4. The number of carbonyl (C=O) groups excluding carboxylic acids is 1. The summed E-state index contributed by atoms with van der Waals surface area (Å²) in [5.41, 5.74) is 2.14. The van der Waals surface area contributed by atoms with Gasteiger partial charge in [-0.05, 0) is 48.6 Å². The van der Waals surface area contributed by atoms with Crippen LogP contribution in [0.3, 0.4) is 0 Å². The van der Waals surface area contributed by atoms with Crippen molar-refractivity contribution in [3.63, 3.8) is 0 Å². The number of hydrogen-bond acceptors (Lipinski definition) is 4. The number of hydrogen-bond donors (Lipinski definition) is 1. The van der Waals surface area contributed by atoms with Crippen LogP contribution in [0.2, 0.25) is 5.02 Å². The van der Waals surface area contributed by atoms with Gasteiger partial charge in [-0.2, -0.15) is 0 Å². The minimum absolute atomic E-state index is 0.0146. The molecule has 1 N–H and O–H groups in total. The molecule has 4 rings (SSSR count). The highest BCUT2D eigenvalue weighted by atomic mass is 35.5. The van der Waals surface area contributed by atoms with Crippen LogP contribution in [0.15, 0.2) is 48.5 Å². The van der Waals surface area contributed by atoms with E-state index in [9.17, 15) is 9.90 Å².